The SMILES string of the molecule is C[Si](C)(C)N[Si](C)(C)C.C[Si]1(C)N[Si](C)(C)N[Si](C)(C)N1. The average molecular weight is 381 g/mol. The van der Waals surface area contributed by atoms with Gasteiger partial charge in [-0.1, -0.05) is 39.3 Å². The van der Waals surface area contributed by atoms with Gasteiger partial charge in [0.2, 0.25) is 0 Å². The van der Waals surface area contributed by atoms with Crippen LogP contribution in [0.4, 0.5) is 0 Å². The van der Waals surface area contributed by atoms with E-state index in [9.17, 15) is 0 Å². The predicted octanol–water partition coefficient (Wildman–Crippen LogP) is 3.12. The molecule has 1 fully saturated rings. The standard InChI is InChI=1S/C6H21N3Si3.C6H19NSi2/c1-10(2)7-11(3,4)9-12(5,6)8-10;1-8(2,3)7-9(4,5)6/h7-9H,1-6H3;7H,1-6H3. The van der Waals surface area contributed by atoms with E-state index in [4.69, 9.17) is 0 Å². The molecule has 0 unspecified atom stereocenters. The molecule has 1 aliphatic rings. The molecule has 1 aliphatic heterocycles. The van der Waals surface area contributed by atoms with Crippen molar-refractivity contribution in [1.82, 2.24) is 18.6 Å². The van der Waals surface area contributed by atoms with Crippen LogP contribution in [0.15, 0.2) is 0 Å². The minimum absolute atomic E-state index is 0.981. The number of rotatable bonds is 2. The first-order valence-electron chi connectivity index (χ1n) is 8.00. The van der Waals surface area contributed by atoms with Crippen LogP contribution in [-0.4, -0.2) is 41.7 Å². The van der Waals surface area contributed by atoms with Gasteiger partial charge in [0.05, 0.1) is 0 Å². The van der Waals surface area contributed by atoms with Gasteiger partial charge in [0.15, 0.2) is 25.2 Å². The fraction of sp³-hybridized carbons (Fsp3) is 1.00. The summed E-state index contributed by atoms with van der Waals surface area (Å²) >= 11 is 0. The average Bonchev–Trinajstić information content (AvgIpc) is 1.83. The lowest BCUT2D eigenvalue weighted by atomic mass is 11.8. The van der Waals surface area contributed by atoms with E-state index in [0.29, 0.717) is 0 Å². The van der Waals surface area contributed by atoms with Crippen molar-refractivity contribution in [3.8, 4) is 0 Å². The molecule has 1 rings (SSSR count). The maximum Gasteiger partial charge on any atom is 0.183 e. The van der Waals surface area contributed by atoms with Crippen molar-refractivity contribution in [2.75, 3.05) is 0 Å². The van der Waals surface area contributed by atoms with E-state index in [1.54, 1.807) is 0 Å². The molecule has 9 heteroatoms. The molecule has 0 spiro atoms. The third kappa shape index (κ3) is 12.1. The van der Waals surface area contributed by atoms with Crippen molar-refractivity contribution in [3.63, 3.8) is 0 Å². The second kappa shape index (κ2) is 6.81. The largest absolute Gasteiger partial charge is 0.360 e. The van der Waals surface area contributed by atoms with Gasteiger partial charge in [-0.3, -0.25) is 0 Å². The van der Waals surface area contributed by atoms with Crippen LogP contribution in [0.5, 0.6) is 0 Å². The van der Waals surface area contributed by atoms with Crippen molar-refractivity contribution in [2.45, 2.75) is 78.6 Å². The lowest BCUT2D eigenvalue weighted by Crippen LogP contribution is -2.87. The summed E-state index contributed by atoms with van der Waals surface area (Å²) in [6.07, 6.45) is 0. The van der Waals surface area contributed by atoms with Crippen molar-refractivity contribution in [1.29, 1.82) is 0 Å². The van der Waals surface area contributed by atoms with Crippen LogP contribution in [0.3, 0.4) is 0 Å². The van der Waals surface area contributed by atoms with Gasteiger partial charge in [0, 0.05) is 0 Å². The summed E-state index contributed by atoms with van der Waals surface area (Å²) in [7, 11) is -5.86. The smallest absolute Gasteiger partial charge is 0.183 e. The second-order valence-electron chi connectivity index (χ2n) is 9.88. The molecule has 4 N–H and O–H groups in total. The molecular formula is C12H40N4Si5. The van der Waals surface area contributed by atoms with Crippen molar-refractivity contribution >= 4 is 41.7 Å². The predicted molar refractivity (Wildman–Crippen MR) is 112 cm³/mol. The zero-order chi connectivity index (χ0) is 17.3. The van der Waals surface area contributed by atoms with Crippen molar-refractivity contribution in [2.24, 2.45) is 0 Å². The molecule has 0 atom stereocenters. The van der Waals surface area contributed by atoms with Crippen LogP contribution in [0.25, 0.3) is 0 Å². The molecule has 0 amide bonds. The van der Waals surface area contributed by atoms with Gasteiger partial charge in [-0.05, 0) is 39.3 Å². The second-order valence-corrected chi connectivity index (χ2v) is 32.6. The van der Waals surface area contributed by atoms with Crippen LogP contribution in [0, 0.1) is 0 Å². The van der Waals surface area contributed by atoms with Crippen molar-refractivity contribution < 1.29 is 0 Å². The van der Waals surface area contributed by atoms with E-state index in [-0.39, 0.29) is 0 Å². The molecule has 0 saturated carbocycles. The minimum atomic E-state index is -1.30. The van der Waals surface area contributed by atoms with Crippen LogP contribution in [0.2, 0.25) is 78.6 Å². The van der Waals surface area contributed by atoms with Gasteiger partial charge in [0.25, 0.3) is 0 Å². The normalized spacial score (nSPS) is 24.0. The molecule has 0 aromatic carbocycles. The Kier molecular flexibility index (Phi) is 7.11. The van der Waals surface area contributed by atoms with Gasteiger partial charge in [-0.25, -0.2) is 0 Å². The lowest BCUT2D eigenvalue weighted by Gasteiger charge is -2.49. The summed E-state index contributed by atoms with van der Waals surface area (Å²) in [6, 6.07) is 0. The summed E-state index contributed by atoms with van der Waals surface area (Å²) in [5, 5.41) is 0. The maximum absolute atomic E-state index is 3.78. The number of hydrogen-bond donors (Lipinski definition) is 4. The molecule has 0 aliphatic carbocycles. The van der Waals surface area contributed by atoms with E-state index in [1.807, 2.05) is 0 Å². The highest BCUT2D eigenvalue weighted by atomic mass is 28.5. The van der Waals surface area contributed by atoms with Gasteiger partial charge in [-0.15, -0.1) is 0 Å². The van der Waals surface area contributed by atoms with Gasteiger partial charge < -0.3 is 18.6 Å². The third-order valence-electron chi connectivity index (χ3n) is 2.62. The van der Waals surface area contributed by atoms with Crippen LogP contribution in [-0.2, 0) is 0 Å². The zero-order valence-electron chi connectivity index (χ0n) is 16.5. The molecule has 0 aromatic rings. The summed E-state index contributed by atoms with van der Waals surface area (Å²) in [5.74, 6) is 0. The highest BCUT2D eigenvalue weighted by Crippen LogP contribution is 2.11. The fourth-order valence-electron chi connectivity index (χ4n) is 3.56. The highest BCUT2D eigenvalue weighted by molar-refractivity contribution is 7.04. The van der Waals surface area contributed by atoms with E-state index >= 15 is 0 Å². The summed E-state index contributed by atoms with van der Waals surface area (Å²) < 4.78 is 15.1. The van der Waals surface area contributed by atoms with E-state index in [0.717, 1.165) is 0 Å². The van der Waals surface area contributed by atoms with Gasteiger partial charge in [-0.2, -0.15) is 0 Å². The zero-order valence-corrected chi connectivity index (χ0v) is 21.5. The molecule has 1 saturated heterocycles. The minimum Gasteiger partial charge on any atom is -0.360 e. The summed E-state index contributed by atoms with van der Waals surface area (Å²) in [5.41, 5.74) is 0. The Labute approximate surface area is 138 Å². The first-order valence-corrected chi connectivity index (χ1v) is 24.0. The first-order chi connectivity index (χ1) is 8.83. The molecule has 0 bridgehead atoms. The monoisotopic (exact) mass is 380 g/mol. The Morgan fingerprint density at radius 1 is 0.524 bits per heavy atom. The molecule has 1 heterocycles. The highest BCUT2D eigenvalue weighted by Gasteiger charge is 2.44. The molecule has 0 radical (unpaired) electrons. The Bertz CT molecular complexity index is 287. The maximum atomic E-state index is 3.78. The molecule has 21 heavy (non-hydrogen) atoms. The Hall–Kier alpha value is 0.924. The molecular weight excluding hydrogens is 341 g/mol. The Morgan fingerprint density at radius 2 is 0.714 bits per heavy atom. The lowest BCUT2D eigenvalue weighted by molar-refractivity contribution is 1.04. The topological polar surface area (TPSA) is 48.1 Å². The summed E-state index contributed by atoms with van der Waals surface area (Å²) in [6.45, 7) is 28.3. The quantitative estimate of drug-likeness (QED) is 0.556. The van der Waals surface area contributed by atoms with Gasteiger partial charge >= 0.3 is 0 Å². The van der Waals surface area contributed by atoms with Crippen LogP contribution >= 0.6 is 0 Å². The first kappa shape index (κ1) is 21.9. The molecule has 0 aromatic heterocycles. The van der Waals surface area contributed by atoms with E-state index < -0.39 is 41.7 Å². The van der Waals surface area contributed by atoms with Crippen LogP contribution < -0.4 is 18.6 Å². The molecule has 128 valence electrons. The Balaban J connectivity index is 0.000000400. The Morgan fingerprint density at radius 3 is 0.810 bits per heavy atom. The third-order valence-corrected chi connectivity index (χ3v) is 23.6. The number of nitrogens with one attached hydrogen (secondary N) is 4. The van der Waals surface area contributed by atoms with E-state index in [2.05, 4.69) is 97.2 Å². The number of hydrogen-bond acceptors (Lipinski definition) is 4. The van der Waals surface area contributed by atoms with Gasteiger partial charge in [0.1, 0.15) is 16.5 Å². The van der Waals surface area contributed by atoms with Crippen molar-refractivity contribution in [3.05, 3.63) is 0 Å². The fourth-order valence-corrected chi connectivity index (χ4v) is 33.8. The molecule has 4 nitrogen and oxygen atoms in total. The summed E-state index contributed by atoms with van der Waals surface area (Å²) in [4.78, 5) is 0. The van der Waals surface area contributed by atoms with E-state index in [1.165, 1.54) is 0 Å². The van der Waals surface area contributed by atoms with Crippen LogP contribution in [0.1, 0.15) is 0 Å².